The molecule has 2 amide bonds. The van der Waals surface area contributed by atoms with Gasteiger partial charge in [-0.15, -0.1) is 0 Å². The van der Waals surface area contributed by atoms with Gasteiger partial charge in [-0.3, -0.25) is 0 Å². The first-order chi connectivity index (χ1) is 10.1. The molecule has 2 aromatic carbocycles. The van der Waals surface area contributed by atoms with Crippen LogP contribution in [-0.2, 0) is 6.42 Å². The van der Waals surface area contributed by atoms with E-state index in [1.807, 2.05) is 37.3 Å². The van der Waals surface area contributed by atoms with Crippen LogP contribution in [0.15, 0.2) is 42.5 Å². The second kappa shape index (κ2) is 6.79. The third-order valence-corrected chi connectivity index (χ3v) is 3.40. The van der Waals surface area contributed by atoms with E-state index in [2.05, 4.69) is 29.7 Å². The molecule has 0 aliphatic heterocycles. The molecule has 0 aliphatic rings. The van der Waals surface area contributed by atoms with Crippen LogP contribution < -0.4 is 16.4 Å². The molecule has 0 fully saturated rings. The Hall–Kier alpha value is -2.49. The van der Waals surface area contributed by atoms with Crippen LogP contribution in [0.5, 0.6) is 0 Å². The first kappa shape index (κ1) is 14.9. The highest BCUT2D eigenvalue weighted by atomic mass is 16.2. The second-order valence-corrected chi connectivity index (χ2v) is 5.15. The standard InChI is InChI=1S/C17H21N3O/c1-12-7-8-16(15(18)11-12)20-17(21)19-10-9-14-6-4-3-5-13(14)2/h3-8,11H,9-10,18H2,1-2H3,(H2,19,20,21). The lowest BCUT2D eigenvalue weighted by Gasteiger charge is -2.11. The molecule has 0 saturated carbocycles. The number of urea groups is 1. The van der Waals surface area contributed by atoms with Gasteiger partial charge in [0.2, 0.25) is 0 Å². The first-order valence-electron chi connectivity index (χ1n) is 7.02. The zero-order valence-electron chi connectivity index (χ0n) is 12.4. The van der Waals surface area contributed by atoms with E-state index in [-0.39, 0.29) is 6.03 Å². The minimum atomic E-state index is -0.237. The SMILES string of the molecule is Cc1ccc(NC(=O)NCCc2ccccc2C)c(N)c1. The number of carbonyl (C=O) groups excluding carboxylic acids is 1. The van der Waals surface area contributed by atoms with Crippen molar-refractivity contribution in [3.8, 4) is 0 Å². The summed E-state index contributed by atoms with van der Waals surface area (Å²) >= 11 is 0. The van der Waals surface area contributed by atoms with Crippen LogP contribution in [0.2, 0.25) is 0 Å². The number of nitrogens with two attached hydrogens (primary N) is 1. The molecular weight excluding hydrogens is 262 g/mol. The van der Waals surface area contributed by atoms with Crippen LogP contribution in [0.25, 0.3) is 0 Å². The molecule has 4 N–H and O–H groups in total. The molecule has 110 valence electrons. The maximum atomic E-state index is 11.8. The molecular formula is C17H21N3O. The number of nitrogen functional groups attached to an aromatic ring is 1. The lowest BCUT2D eigenvalue weighted by Crippen LogP contribution is -2.30. The summed E-state index contributed by atoms with van der Waals surface area (Å²) in [5.41, 5.74) is 10.6. The summed E-state index contributed by atoms with van der Waals surface area (Å²) in [5, 5.41) is 5.61. The van der Waals surface area contributed by atoms with Crippen molar-refractivity contribution in [1.82, 2.24) is 5.32 Å². The third kappa shape index (κ3) is 4.24. The number of benzene rings is 2. The van der Waals surface area contributed by atoms with E-state index in [4.69, 9.17) is 5.73 Å². The van der Waals surface area contributed by atoms with E-state index in [9.17, 15) is 4.79 Å². The van der Waals surface area contributed by atoms with Gasteiger partial charge < -0.3 is 16.4 Å². The fraction of sp³-hybridized carbons (Fsp3) is 0.235. The Balaban J connectivity index is 1.84. The highest BCUT2D eigenvalue weighted by molar-refractivity contribution is 5.92. The van der Waals surface area contributed by atoms with E-state index in [1.165, 1.54) is 11.1 Å². The number of nitrogens with one attached hydrogen (secondary N) is 2. The highest BCUT2D eigenvalue weighted by Crippen LogP contribution is 2.19. The van der Waals surface area contributed by atoms with Gasteiger partial charge in [0.15, 0.2) is 0 Å². The van der Waals surface area contributed by atoms with Crippen LogP contribution >= 0.6 is 0 Å². The first-order valence-corrected chi connectivity index (χ1v) is 7.02. The topological polar surface area (TPSA) is 67.2 Å². The molecule has 0 unspecified atom stereocenters. The van der Waals surface area contributed by atoms with Crippen LogP contribution in [0.4, 0.5) is 16.2 Å². The van der Waals surface area contributed by atoms with E-state index in [1.54, 1.807) is 0 Å². The Morgan fingerprint density at radius 1 is 1.14 bits per heavy atom. The van der Waals surface area contributed by atoms with Crippen molar-refractivity contribution >= 4 is 17.4 Å². The molecule has 0 atom stereocenters. The number of anilines is 2. The minimum Gasteiger partial charge on any atom is -0.397 e. The number of amides is 2. The minimum absolute atomic E-state index is 0.237. The van der Waals surface area contributed by atoms with Gasteiger partial charge in [0.1, 0.15) is 0 Å². The van der Waals surface area contributed by atoms with Gasteiger partial charge in [-0.05, 0) is 49.1 Å². The zero-order chi connectivity index (χ0) is 15.2. The van der Waals surface area contributed by atoms with Crippen molar-refractivity contribution < 1.29 is 4.79 Å². The Kier molecular flexibility index (Phi) is 4.82. The summed E-state index contributed by atoms with van der Waals surface area (Å²) in [6.45, 7) is 4.62. The molecule has 2 aromatic rings. The molecule has 4 nitrogen and oxygen atoms in total. The summed E-state index contributed by atoms with van der Waals surface area (Å²) in [5.74, 6) is 0. The molecule has 4 heteroatoms. The van der Waals surface area contributed by atoms with E-state index < -0.39 is 0 Å². The van der Waals surface area contributed by atoms with E-state index >= 15 is 0 Å². The quantitative estimate of drug-likeness (QED) is 0.754. The lowest BCUT2D eigenvalue weighted by molar-refractivity contribution is 0.252. The molecule has 0 aliphatic carbocycles. The van der Waals surface area contributed by atoms with Crippen molar-refractivity contribution in [2.45, 2.75) is 20.3 Å². The second-order valence-electron chi connectivity index (χ2n) is 5.15. The molecule has 0 heterocycles. The van der Waals surface area contributed by atoms with Gasteiger partial charge in [0.05, 0.1) is 11.4 Å². The molecule has 0 radical (unpaired) electrons. The fourth-order valence-corrected chi connectivity index (χ4v) is 2.16. The van der Waals surface area contributed by atoms with Gasteiger partial charge >= 0.3 is 6.03 Å². The fourth-order valence-electron chi connectivity index (χ4n) is 2.16. The van der Waals surface area contributed by atoms with Crippen molar-refractivity contribution in [2.75, 3.05) is 17.6 Å². The predicted molar refractivity (Wildman–Crippen MR) is 87.5 cm³/mol. The average Bonchev–Trinajstić information content (AvgIpc) is 2.44. The van der Waals surface area contributed by atoms with Gasteiger partial charge in [-0.1, -0.05) is 30.3 Å². The summed E-state index contributed by atoms with van der Waals surface area (Å²) in [4.78, 5) is 11.8. The van der Waals surface area contributed by atoms with Crippen LogP contribution in [0, 0.1) is 13.8 Å². The highest BCUT2D eigenvalue weighted by Gasteiger charge is 2.05. The van der Waals surface area contributed by atoms with Crippen molar-refractivity contribution in [3.05, 3.63) is 59.2 Å². The zero-order valence-corrected chi connectivity index (χ0v) is 12.4. The maximum absolute atomic E-state index is 11.8. The van der Waals surface area contributed by atoms with Gasteiger partial charge in [-0.2, -0.15) is 0 Å². The molecule has 0 saturated heterocycles. The average molecular weight is 283 g/mol. The van der Waals surface area contributed by atoms with Gasteiger partial charge in [0.25, 0.3) is 0 Å². The maximum Gasteiger partial charge on any atom is 0.319 e. The number of hydrogen-bond donors (Lipinski definition) is 3. The summed E-state index contributed by atoms with van der Waals surface area (Å²) in [7, 11) is 0. The van der Waals surface area contributed by atoms with Crippen molar-refractivity contribution in [1.29, 1.82) is 0 Å². The molecule has 0 bridgehead atoms. The Morgan fingerprint density at radius 2 is 1.90 bits per heavy atom. The Labute approximate surface area is 125 Å². The summed E-state index contributed by atoms with van der Waals surface area (Å²) < 4.78 is 0. The lowest BCUT2D eigenvalue weighted by atomic mass is 10.1. The van der Waals surface area contributed by atoms with Gasteiger partial charge in [-0.25, -0.2) is 4.79 Å². The number of rotatable bonds is 4. The van der Waals surface area contributed by atoms with Crippen LogP contribution in [0.3, 0.4) is 0 Å². The normalized spacial score (nSPS) is 10.2. The molecule has 0 aromatic heterocycles. The molecule has 2 rings (SSSR count). The third-order valence-electron chi connectivity index (χ3n) is 3.40. The van der Waals surface area contributed by atoms with Crippen molar-refractivity contribution in [3.63, 3.8) is 0 Å². The molecule has 0 spiro atoms. The summed E-state index contributed by atoms with van der Waals surface area (Å²) in [6.07, 6.45) is 0.809. The number of aryl methyl sites for hydroxylation is 2. The van der Waals surface area contributed by atoms with Crippen molar-refractivity contribution in [2.24, 2.45) is 0 Å². The van der Waals surface area contributed by atoms with Gasteiger partial charge in [0, 0.05) is 6.54 Å². The molecule has 21 heavy (non-hydrogen) atoms. The van der Waals surface area contributed by atoms with E-state index in [0.717, 1.165) is 12.0 Å². The Bertz CT molecular complexity index is 638. The van der Waals surface area contributed by atoms with Crippen LogP contribution in [-0.4, -0.2) is 12.6 Å². The van der Waals surface area contributed by atoms with Crippen LogP contribution in [0.1, 0.15) is 16.7 Å². The number of hydrogen-bond acceptors (Lipinski definition) is 2. The summed E-state index contributed by atoms with van der Waals surface area (Å²) in [6, 6.07) is 13.5. The smallest absolute Gasteiger partial charge is 0.319 e. The largest absolute Gasteiger partial charge is 0.397 e. The monoisotopic (exact) mass is 283 g/mol. The van der Waals surface area contributed by atoms with E-state index in [0.29, 0.717) is 17.9 Å². The predicted octanol–water partition coefficient (Wildman–Crippen LogP) is 3.25. The number of carbonyl (C=O) groups is 1. The Morgan fingerprint density at radius 3 is 2.62 bits per heavy atom.